The molecule has 0 amide bonds. The Hall–Kier alpha value is -1.32. The number of benzene rings is 1. The predicted molar refractivity (Wildman–Crippen MR) is 160 cm³/mol. The molecule has 0 spiro atoms. The summed E-state index contributed by atoms with van der Waals surface area (Å²) in [6.07, 6.45) is 25.6. The SMILES string of the molecule is CCCCCC1CCC(C2CCC3CC(C4CCC(COc5ccc(OCC)c(F)c5F)CC4)CCC3C2)CC1. The summed E-state index contributed by atoms with van der Waals surface area (Å²) in [5, 5.41) is 0. The van der Waals surface area contributed by atoms with E-state index in [4.69, 9.17) is 9.47 Å². The fraction of sp³-hybridized carbons (Fsp3) is 0.833. The molecule has 0 N–H and O–H groups in total. The maximum Gasteiger partial charge on any atom is 0.204 e. The van der Waals surface area contributed by atoms with Crippen LogP contribution in [0.25, 0.3) is 0 Å². The van der Waals surface area contributed by atoms with E-state index in [0.717, 1.165) is 54.3 Å². The smallest absolute Gasteiger partial charge is 0.204 e. The van der Waals surface area contributed by atoms with Crippen LogP contribution < -0.4 is 9.47 Å². The summed E-state index contributed by atoms with van der Waals surface area (Å²) in [5.74, 6) is 5.39. The van der Waals surface area contributed by atoms with Gasteiger partial charge in [-0.15, -0.1) is 0 Å². The van der Waals surface area contributed by atoms with Gasteiger partial charge in [-0.25, -0.2) is 0 Å². The van der Waals surface area contributed by atoms with Crippen LogP contribution in [-0.4, -0.2) is 13.2 Å². The predicted octanol–water partition coefficient (Wildman–Crippen LogP) is 10.8. The molecule has 0 saturated heterocycles. The topological polar surface area (TPSA) is 18.5 Å². The van der Waals surface area contributed by atoms with E-state index < -0.39 is 11.6 Å². The molecule has 4 fully saturated rings. The summed E-state index contributed by atoms with van der Waals surface area (Å²) in [4.78, 5) is 0. The molecule has 2 nitrogen and oxygen atoms in total. The van der Waals surface area contributed by atoms with E-state index in [1.54, 1.807) is 6.92 Å². The van der Waals surface area contributed by atoms with Crippen molar-refractivity contribution in [1.29, 1.82) is 0 Å². The highest BCUT2D eigenvalue weighted by Gasteiger charge is 2.41. The average Bonchev–Trinajstić information content (AvgIpc) is 2.99. The Morgan fingerprint density at radius 2 is 1.02 bits per heavy atom. The van der Waals surface area contributed by atoms with Crippen molar-refractivity contribution in [2.24, 2.45) is 47.3 Å². The van der Waals surface area contributed by atoms with Gasteiger partial charge in [0.25, 0.3) is 0 Å². The van der Waals surface area contributed by atoms with Gasteiger partial charge in [-0.05, 0) is 143 Å². The Balaban J connectivity index is 1.01. The summed E-state index contributed by atoms with van der Waals surface area (Å²) in [7, 11) is 0. The molecule has 4 heteroatoms. The molecule has 0 heterocycles. The van der Waals surface area contributed by atoms with Crippen LogP contribution in [0, 0.1) is 59.0 Å². The summed E-state index contributed by atoms with van der Waals surface area (Å²) in [6, 6.07) is 2.97. The van der Waals surface area contributed by atoms with Crippen molar-refractivity contribution in [1.82, 2.24) is 0 Å². The van der Waals surface area contributed by atoms with Gasteiger partial charge < -0.3 is 9.47 Å². The van der Waals surface area contributed by atoms with Gasteiger partial charge in [-0.1, -0.05) is 45.4 Å². The Kier molecular flexibility index (Phi) is 11.1. The van der Waals surface area contributed by atoms with Crippen LogP contribution in [0.15, 0.2) is 12.1 Å². The molecule has 4 saturated carbocycles. The van der Waals surface area contributed by atoms with Crippen LogP contribution >= 0.6 is 0 Å². The Labute approximate surface area is 243 Å². The molecule has 1 aromatic rings. The molecule has 4 unspecified atom stereocenters. The maximum atomic E-state index is 14.4. The summed E-state index contributed by atoms with van der Waals surface area (Å²) in [5.41, 5.74) is 0. The number of hydrogen-bond acceptors (Lipinski definition) is 2. The average molecular weight is 559 g/mol. The second-order valence-electron chi connectivity index (χ2n) is 14.2. The number of unbranched alkanes of at least 4 members (excludes halogenated alkanes) is 2. The first-order valence-corrected chi connectivity index (χ1v) is 17.3. The van der Waals surface area contributed by atoms with Crippen molar-refractivity contribution in [3.63, 3.8) is 0 Å². The molecular formula is C36H56F2O2. The lowest BCUT2D eigenvalue weighted by Crippen LogP contribution is -2.37. The Morgan fingerprint density at radius 3 is 1.52 bits per heavy atom. The second-order valence-corrected chi connectivity index (χ2v) is 14.2. The van der Waals surface area contributed by atoms with Gasteiger partial charge >= 0.3 is 0 Å². The minimum Gasteiger partial charge on any atom is -0.491 e. The normalized spacial score (nSPS) is 34.7. The number of hydrogen-bond donors (Lipinski definition) is 0. The maximum absolute atomic E-state index is 14.4. The lowest BCUT2D eigenvalue weighted by molar-refractivity contribution is 0.0350. The van der Waals surface area contributed by atoms with Crippen LogP contribution in [0.3, 0.4) is 0 Å². The third-order valence-electron chi connectivity index (χ3n) is 11.8. The van der Waals surface area contributed by atoms with Gasteiger partial charge in [-0.3, -0.25) is 0 Å². The van der Waals surface area contributed by atoms with E-state index in [-0.39, 0.29) is 11.5 Å². The van der Waals surface area contributed by atoms with E-state index in [9.17, 15) is 8.78 Å². The van der Waals surface area contributed by atoms with Crippen LogP contribution in [0.4, 0.5) is 8.78 Å². The lowest BCUT2D eigenvalue weighted by Gasteiger charge is -2.47. The van der Waals surface area contributed by atoms with E-state index in [2.05, 4.69) is 6.92 Å². The number of ether oxygens (including phenoxy) is 2. The molecule has 4 aliphatic carbocycles. The second kappa shape index (κ2) is 14.7. The zero-order valence-electron chi connectivity index (χ0n) is 25.5. The molecule has 4 atom stereocenters. The van der Waals surface area contributed by atoms with Crippen molar-refractivity contribution in [2.45, 2.75) is 129 Å². The van der Waals surface area contributed by atoms with E-state index in [1.165, 1.54) is 115 Å². The quantitative estimate of drug-likeness (QED) is 0.252. The van der Waals surface area contributed by atoms with Gasteiger partial charge in [-0.2, -0.15) is 8.78 Å². The van der Waals surface area contributed by atoms with Crippen molar-refractivity contribution in [2.75, 3.05) is 13.2 Å². The molecule has 1 aromatic carbocycles. The number of halogens is 2. The zero-order chi connectivity index (χ0) is 27.9. The third-order valence-corrected chi connectivity index (χ3v) is 11.8. The first-order chi connectivity index (χ1) is 19.6. The first kappa shape index (κ1) is 30.1. The van der Waals surface area contributed by atoms with Crippen LogP contribution in [0.2, 0.25) is 0 Å². The molecule has 226 valence electrons. The molecular weight excluding hydrogens is 502 g/mol. The molecule has 0 radical (unpaired) electrons. The first-order valence-electron chi connectivity index (χ1n) is 17.3. The van der Waals surface area contributed by atoms with Crippen molar-refractivity contribution >= 4 is 0 Å². The summed E-state index contributed by atoms with van der Waals surface area (Å²) < 4.78 is 39.5. The fourth-order valence-electron chi connectivity index (χ4n) is 9.38. The minimum atomic E-state index is -0.946. The van der Waals surface area contributed by atoms with E-state index in [0.29, 0.717) is 19.1 Å². The Morgan fingerprint density at radius 1 is 0.575 bits per heavy atom. The van der Waals surface area contributed by atoms with Crippen molar-refractivity contribution in [3.05, 3.63) is 23.8 Å². The number of rotatable bonds is 11. The van der Waals surface area contributed by atoms with Gasteiger partial charge in [0.15, 0.2) is 11.5 Å². The van der Waals surface area contributed by atoms with Crippen molar-refractivity contribution < 1.29 is 18.3 Å². The highest BCUT2D eigenvalue weighted by Crippen LogP contribution is 2.52. The lowest BCUT2D eigenvalue weighted by atomic mass is 9.58. The standard InChI is InChI=1S/C36H56F2O2/c1-3-5-6-7-25-8-12-27(13-9-25)29-16-18-32-23-30(17-19-31(32)22-29)28-14-10-26(11-15-28)24-40-34-21-20-33(39-4-2)35(37)36(34)38/h20-21,25-32H,3-19,22-24H2,1-2H3. The zero-order valence-corrected chi connectivity index (χ0v) is 25.5. The fourth-order valence-corrected chi connectivity index (χ4v) is 9.38. The monoisotopic (exact) mass is 558 g/mol. The molecule has 0 aromatic heterocycles. The molecule has 0 bridgehead atoms. The van der Waals surface area contributed by atoms with Gasteiger partial charge in [0.05, 0.1) is 13.2 Å². The molecule has 4 aliphatic rings. The molecule has 5 rings (SSSR count). The van der Waals surface area contributed by atoms with Crippen molar-refractivity contribution in [3.8, 4) is 11.5 Å². The van der Waals surface area contributed by atoms with Gasteiger partial charge in [0, 0.05) is 0 Å². The van der Waals surface area contributed by atoms with Gasteiger partial charge in [0.1, 0.15) is 0 Å². The number of fused-ring (bicyclic) bond motifs is 1. The third kappa shape index (κ3) is 7.54. The minimum absolute atomic E-state index is 0.0111. The van der Waals surface area contributed by atoms with E-state index in [1.807, 2.05) is 0 Å². The van der Waals surface area contributed by atoms with Crippen LogP contribution in [0.5, 0.6) is 11.5 Å². The van der Waals surface area contributed by atoms with E-state index >= 15 is 0 Å². The molecule has 0 aliphatic heterocycles. The highest BCUT2D eigenvalue weighted by atomic mass is 19.2. The summed E-state index contributed by atoms with van der Waals surface area (Å²) >= 11 is 0. The molecule has 40 heavy (non-hydrogen) atoms. The highest BCUT2D eigenvalue weighted by molar-refractivity contribution is 5.35. The largest absolute Gasteiger partial charge is 0.491 e. The summed E-state index contributed by atoms with van der Waals surface area (Å²) in [6.45, 7) is 4.87. The Bertz CT molecular complexity index is 902. The van der Waals surface area contributed by atoms with Crippen LogP contribution in [-0.2, 0) is 0 Å². The van der Waals surface area contributed by atoms with Crippen LogP contribution in [0.1, 0.15) is 129 Å². The van der Waals surface area contributed by atoms with Gasteiger partial charge in [0.2, 0.25) is 11.6 Å².